The Bertz CT molecular complexity index is 842. The van der Waals surface area contributed by atoms with Gasteiger partial charge in [0.15, 0.2) is 0 Å². The second-order valence-electron chi connectivity index (χ2n) is 5.63. The molecule has 0 spiro atoms. The Morgan fingerprint density at radius 1 is 1.07 bits per heavy atom. The molecule has 27 heavy (non-hydrogen) atoms. The second kappa shape index (κ2) is 8.98. The SMILES string of the molecule is COc1ccc(NC(=O)CCN(C(C)=O)c2ccc(F)cc2F)c(OC)c1. The van der Waals surface area contributed by atoms with Crippen LogP contribution in [0.2, 0.25) is 0 Å². The summed E-state index contributed by atoms with van der Waals surface area (Å²) in [6.07, 6.45) is -0.0917. The summed E-state index contributed by atoms with van der Waals surface area (Å²) in [5.41, 5.74) is 0.351. The number of benzene rings is 2. The van der Waals surface area contributed by atoms with Crippen molar-refractivity contribution in [1.29, 1.82) is 0 Å². The van der Waals surface area contributed by atoms with Crippen LogP contribution in [0.4, 0.5) is 20.2 Å². The predicted octanol–water partition coefficient (Wildman–Crippen LogP) is 3.36. The fourth-order valence-electron chi connectivity index (χ4n) is 2.48. The quantitative estimate of drug-likeness (QED) is 0.802. The molecule has 0 saturated heterocycles. The molecule has 0 aromatic heterocycles. The number of nitrogens with zero attached hydrogens (tertiary/aromatic N) is 1. The molecule has 144 valence electrons. The molecule has 0 saturated carbocycles. The highest BCUT2D eigenvalue weighted by Crippen LogP contribution is 2.29. The Balaban J connectivity index is 2.07. The van der Waals surface area contributed by atoms with Gasteiger partial charge in [0.05, 0.1) is 25.6 Å². The molecular weight excluding hydrogens is 358 g/mol. The van der Waals surface area contributed by atoms with Gasteiger partial charge < -0.3 is 19.7 Å². The van der Waals surface area contributed by atoms with Crippen LogP contribution >= 0.6 is 0 Å². The van der Waals surface area contributed by atoms with Gasteiger partial charge >= 0.3 is 0 Å². The second-order valence-corrected chi connectivity index (χ2v) is 5.63. The van der Waals surface area contributed by atoms with Crippen LogP contribution in [0.5, 0.6) is 11.5 Å². The Morgan fingerprint density at radius 2 is 1.81 bits per heavy atom. The third-order valence-corrected chi connectivity index (χ3v) is 3.83. The molecule has 0 aliphatic carbocycles. The van der Waals surface area contributed by atoms with E-state index in [1.807, 2.05) is 0 Å². The molecule has 0 fully saturated rings. The first kappa shape index (κ1) is 20.2. The van der Waals surface area contributed by atoms with Crippen LogP contribution in [0.3, 0.4) is 0 Å². The minimum atomic E-state index is -0.873. The van der Waals surface area contributed by atoms with Gasteiger partial charge in [-0.3, -0.25) is 9.59 Å². The largest absolute Gasteiger partial charge is 0.497 e. The smallest absolute Gasteiger partial charge is 0.226 e. The zero-order valence-corrected chi connectivity index (χ0v) is 15.2. The third-order valence-electron chi connectivity index (χ3n) is 3.83. The average molecular weight is 378 g/mol. The van der Waals surface area contributed by atoms with Crippen molar-refractivity contribution in [3.8, 4) is 11.5 Å². The molecule has 0 aliphatic rings. The number of amides is 2. The highest BCUT2D eigenvalue weighted by atomic mass is 19.1. The van der Waals surface area contributed by atoms with Gasteiger partial charge in [0.25, 0.3) is 0 Å². The molecule has 2 aromatic rings. The lowest BCUT2D eigenvalue weighted by Gasteiger charge is -2.21. The molecular formula is C19H20F2N2O4. The first-order valence-electron chi connectivity index (χ1n) is 8.10. The molecule has 0 radical (unpaired) electrons. The van der Waals surface area contributed by atoms with Gasteiger partial charge in [-0.05, 0) is 24.3 Å². The molecule has 0 unspecified atom stereocenters. The summed E-state index contributed by atoms with van der Waals surface area (Å²) in [5.74, 6) is -1.50. The number of hydrogen-bond donors (Lipinski definition) is 1. The molecule has 0 atom stereocenters. The lowest BCUT2D eigenvalue weighted by molar-refractivity contribution is -0.117. The van der Waals surface area contributed by atoms with E-state index in [0.29, 0.717) is 23.3 Å². The molecule has 0 heterocycles. The van der Waals surface area contributed by atoms with Crippen LogP contribution in [-0.4, -0.2) is 32.6 Å². The first-order valence-corrected chi connectivity index (χ1v) is 8.10. The number of hydrogen-bond acceptors (Lipinski definition) is 4. The van der Waals surface area contributed by atoms with Crippen molar-refractivity contribution >= 4 is 23.2 Å². The van der Waals surface area contributed by atoms with E-state index in [1.165, 1.54) is 21.1 Å². The molecule has 6 nitrogen and oxygen atoms in total. The highest BCUT2D eigenvalue weighted by molar-refractivity contribution is 5.95. The number of carbonyl (C=O) groups is 2. The fraction of sp³-hybridized carbons (Fsp3) is 0.263. The Morgan fingerprint density at radius 3 is 2.41 bits per heavy atom. The summed E-state index contributed by atoms with van der Waals surface area (Å²) in [6, 6.07) is 7.80. The van der Waals surface area contributed by atoms with Gasteiger partial charge in [-0.1, -0.05) is 0 Å². The van der Waals surface area contributed by atoms with Crippen LogP contribution in [-0.2, 0) is 9.59 Å². The van der Waals surface area contributed by atoms with E-state index in [9.17, 15) is 18.4 Å². The fourth-order valence-corrected chi connectivity index (χ4v) is 2.48. The van der Waals surface area contributed by atoms with Gasteiger partial charge in [0.2, 0.25) is 11.8 Å². The van der Waals surface area contributed by atoms with Crippen molar-refractivity contribution in [3.63, 3.8) is 0 Å². The van der Waals surface area contributed by atoms with E-state index in [1.54, 1.807) is 18.2 Å². The Hall–Kier alpha value is -3.16. The number of halogens is 2. The summed E-state index contributed by atoms with van der Waals surface area (Å²) in [4.78, 5) is 25.1. The normalized spacial score (nSPS) is 10.3. The maximum atomic E-state index is 13.9. The lowest BCUT2D eigenvalue weighted by Crippen LogP contribution is -2.32. The maximum Gasteiger partial charge on any atom is 0.226 e. The van der Waals surface area contributed by atoms with Crippen LogP contribution in [0.1, 0.15) is 13.3 Å². The van der Waals surface area contributed by atoms with Crippen LogP contribution in [0.25, 0.3) is 0 Å². The topological polar surface area (TPSA) is 67.9 Å². The third kappa shape index (κ3) is 5.16. The number of rotatable bonds is 7. The monoisotopic (exact) mass is 378 g/mol. The Labute approximate surface area is 155 Å². The summed E-state index contributed by atoms with van der Waals surface area (Å²) >= 11 is 0. The van der Waals surface area contributed by atoms with Crippen molar-refractivity contribution in [2.24, 2.45) is 0 Å². The van der Waals surface area contributed by atoms with Crippen molar-refractivity contribution in [3.05, 3.63) is 48.0 Å². The molecule has 0 aliphatic heterocycles. The predicted molar refractivity (Wildman–Crippen MR) is 97.2 cm³/mol. The zero-order chi connectivity index (χ0) is 20.0. The number of ether oxygens (including phenoxy) is 2. The summed E-state index contributed by atoms with van der Waals surface area (Å²) in [7, 11) is 2.97. The Kier molecular flexibility index (Phi) is 6.70. The van der Waals surface area contributed by atoms with E-state index in [0.717, 1.165) is 17.0 Å². The molecule has 8 heteroatoms. The van der Waals surface area contributed by atoms with Crippen molar-refractivity contribution < 1.29 is 27.8 Å². The van der Waals surface area contributed by atoms with E-state index in [2.05, 4.69) is 5.32 Å². The zero-order valence-electron chi connectivity index (χ0n) is 15.2. The lowest BCUT2D eigenvalue weighted by atomic mass is 10.2. The van der Waals surface area contributed by atoms with Crippen LogP contribution in [0, 0.1) is 11.6 Å². The van der Waals surface area contributed by atoms with Crippen LogP contribution in [0.15, 0.2) is 36.4 Å². The molecule has 2 aromatic carbocycles. The van der Waals surface area contributed by atoms with Gasteiger partial charge in [0.1, 0.15) is 23.1 Å². The van der Waals surface area contributed by atoms with Gasteiger partial charge in [0, 0.05) is 32.0 Å². The van der Waals surface area contributed by atoms with Crippen molar-refractivity contribution in [1.82, 2.24) is 0 Å². The summed E-state index contributed by atoms with van der Waals surface area (Å²) in [5, 5.41) is 2.67. The number of nitrogens with one attached hydrogen (secondary N) is 1. The highest BCUT2D eigenvalue weighted by Gasteiger charge is 2.18. The van der Waals surface area contributed by atoms with E-state index < -0.39 is 23.4 Å². The van der Waals surface area contributed by atoms with E-state index in [-0.39, 0.29) is 18.7 Å². The minimum absolute atomic E-state index is 0.0673. The van der Waals surface area contributed by atoms with E-state index >= 15 is 0 Å². The molecule has 2 rings (SSSR count). The molecule has 1 N–H and O–H groups in total. The number of carbonyl (C=O) groups excluding carboxylic acids is 2. The van der Waals surface area contributed by atoms with Crippen LogP contribution < -0.4 is 19.7 Å². The maximum absolute atomic E-state index is 13.9. The first-order chi connectivity index (χ1) is 12.8. The number of anilines is 2. The average Bonchev–Trinajstić information content (AvgIpc) is 2.63. The summed E-state index contributed by atoms with van der Waals surface area (Å²) < 4.78 is 37.3. The van der Waals surface area contributed by atoms with Crippen molar-refractivity contribution in [2.75, 3.05) is 31.0 Å². The molecule has 2 amide bonds. The van der Waals surface area contributed by atoms with Gasteiger partial charge in [-0.15, -0.1) is 0 Å². The van der Waals surface area contributed by atoms with Gasteiger partial charge in [-0.25, -0.2) is 8.78 Å². The van der Waals surface area contributed by atoms with E-state index in [4.69, 9.17) is 9.47 Å². The van der Waals surface area contributed by atoms with Crippen molar-refractivity contribution in [2.45, 2.75) is 13.3 Å². The summed E-state index contributed by atoms with van der Waals surface area (Å²) in [6.45, 7) is 1.18. The standard InChI is InChI=1S/C19H20F2N2O4/c1-12(24)23(17-7-4-13(20)10-15(17)21)9-8-19(25)22-16-6-5-14(26-2)11-18(16)27-3/h4-7,10-11H,8-9H2,1-3H3,(H,22,25). The van der Waals surface area contributed by atoms with Gasteiger partial charge in [-0.2, -0.15) is 0 Å². The number of methoxy groups -OCH3 is 2. The minimum Gasteiger partial charge on any atom is -0.497 e. The molecule has 0 bridgehead atoms.